The van der Waals surface area contributed by atoms with E-state index in [9.17, 15) is 8.42 Å². The van der Waals surface area contributed by atoms with Crippen molar-refractivity contribution in [1.29, 1.82) is 0 Å². The van der Waals surface area contributed by atoms with Gasteiger partial charge in [0.2, 0.25) is 5.03 Å². The number of nitrogens with zero attached hydrogens (tertiary/aromatic N) is 1. The van der Waals surface area contributed by atoms with E-state index in [2.05, 4.69) is 4.98 Å². The van der Waals surface area contributed by atoms with Crippen molar-refractivity contribution in [2.75, 3.05) is 0 Å². The van der Waals surface area contributed by atoms with E-state index in [0.29, 0.717) is 0 Å². The van der Waals surface area contributed by atoms with Crippen molar-refractivity contribution in [2.24, 2.45) is 0 Å². The summed E-state index contributed by atoms with van der Waals surface area (Å²) in [6.07, 6.45) is 0. The first kappa shape index (κ1) is 9.54. The van der Waals surface area contributed by atoms with Gasteiger partial charge >= 0.3 is 0 Å². The third kappa shape index (κ3) is 2.19. The molecule has 3 nitrogen and oxygen atoms in total. The van der Waals surface area contributed by atoms with Gasteiger partial charge in [0.05, 0.1) is 0 Å². The van der Waals surface area contributed by atoms with E-state index in [1.807, 2.05) is 0 Å². The second kappa shape index (κ2) is 3.06. The van der Waals surface area contributed by atoms with Crippen molar-refractivity contribution in [2.45, 2.75) is 5.03 Å². The van der Waals surface area contributed by atoms with Crippen molar-refractivity contribution in [3.63, 3.8) is 0 Å². The third-order valence-electron chi connectivity index (χ3n) is 0.762. The Morgan fingerprint density at radius 3 is 2.09 bits per heavy atom. The molecule has 0 aliphatic carbocycles. The minimum Gasteiger partial charge on any atom is -0.210 e. The average Bonchev–Trinajstić information content (AvgIpc) is 2.08. The lowest BCUT2D eigenvalue weighted by Gasteiger charge is -1.86. The molecule has 0 aromatic carbocycles. The van der Waals surface area contributed by atoms with Crippen molar-refractivity contribution in [3.8, 4) is 0 Å². The van der Waals surface area contributed by atoms with E-state index < -0.39 is 9.05 Å². The highest BCUT2D eigenvalue weighted by molar-refractivity contribution is 8.13. The largest absolute Gasteiger partial charge is 0.281 e. The van der Waals surface area contributed by atoms with Crippen LogP contribution in [-0.4, -0.2) is 13.4 Å². The van der Waals surface area contributed by atoms with Gasteiger partial charge in [-0.3, -0.25) is 0 Å². The zero-order valence-corrected chi connectivity index (χ0v) is 8.61. The second-order valence-electron chi connectivity index (χ2n) is 1.48. The third-order valence-corrected chi connectivity index (χ3v) is 3.56. The van der Waals surface area contributed by atoms with Gasteiger partial charge in [-0.15, -0.1) is 0 Å². The Morgan fingerprint density at radius 1 is 1.36 bits per heavy atom. The normalized spacial score (nSPS) is 11.9. The van der Waals surface area contributed by atoms with Gasteiger partial charge in [-0.05, 0) is 0 Å². The first-order chi connectivity index (χ1) is 4.91. The van der Waals surface area contributed by atoms with Crippen LogP contribution in [0.3, 0.4) is 0 Å². The summed E-state index contributed by atoms with van der Waals surface area (Å²) < 4.78 is 21.3. The predicted octanol–water partition coefficient (Wildman–Crippen LogP) is 2.38. The molecule has 0 fully saturated rings. The average molecular weight is 253 g/mol. The summed E-state index contributed by atoms with van der Waals surface area (Å²) >= 11 is 11.7. The quantitative estimate of drug-likeness (QED) is 0.721. The SMILES string of the molecule is O=S(=O)(Cl)c1nc(Cl)sc1Cl. The standard InChI is InChI=1S/C3Cl3NO2S2/c4-1-2(11(6,8)9)7-3(5)10-1. The minimum absolute atomic E-state index is 0.0231. The van der Waals surface area contributed by atoms with Crippen LogP contribution in [0.2, 0.25) is 8.80 Å². The Labute approximate surface area is 81.3 Å². The molecule has 0 N–H and O–H groups in total. The number of rotatable bonds is 1. The van der Waals surface area contributed by atoms with Crippen LogP contribution in [0, 0.1) is 0 Å². The fourth-order valence-electron chi connectivity index (χ4n) is 0.415. The molecule has 0 bridgehead atoms. The monoisotopic (exact) mass is 251 g/mol. The van der Waals surface area contributed by atoms with E-state index in [-0.39, 0.29) is 13.8 Å². The Kier molecular flexibility index (Phi) is 2.66. The summed E-state index contributed by atoms with van der Waals surface area (Å²) in [7, 11) is 1.09. The molecule has 8 heteroatoms. The highest BCUT2D eigenvalue weighted by atomic mass is 35.7. The maximum absolute atomic E-state index is 10.6. The molecule has 1 rings (SSSR count). The van der Waals surface area contributed by atoms with E-state index in [4.69, 9.17) is 33.9 Å². The molecule has 0 aliphatic heterocycles. The lowest BCUT2D eigenvalue weighted by atomic mass is 11.0. The molecular formula is C3Cl3NO2S2. The zero-order chi connectivity index (χ0) is 8.65. The molecule has 1 aromatic heterocycles. The molecule has 1 heterocycles. The molecule has 0 saturated carbocycles. The molecule has 0 unspecified atom stereocenters. The molecule has 0 saturated heterocycles. The van der Waals surface area contributed by atoms with Gasteiger partial charge in [0.25, 0.3) is 9.05 Å². The topological polar surface area (TPSA) is 47.0 Å². The van der Waals surface area contributed by atoms with E-state index >= 15 is 0 Å². The Morgan fingerprint density at radius 2 is 1.91 bits per heavy atom. The van der Waals surface area contributed by atoms with Crippen LogP contribution in [0.4, 0.5) is 0 Å². The van der Waals surface area contributed by atoms with Crippen LogP contribution in [0.25, 0.3) is 0 Å². The van der Waals surface area contributed by atoms with E-state index in [1.165, 1.54) is 0 Å². The lowest BCUT2D eigenvalue weighted by molar-refractivity contribution is 0.607. The fraction of sp³-hybridized carbons (Fsp3) is 0. The van der Waals surface area contributed by atoms with Gasteiger partial charge < -0.3 is 0 Å². The van der Waals surface area contributed by atoms with Crippen LogP contribution in [0.15, 0.2) is 5.03 Å². The fourth-order valence-corrected chi connectivity index (χ4v) is 3.38. The van der Waals surface area contributed by atoms with Gasteiger partial charge in [0, 0.05) is 10.7 Å². The number of halogens is 3. The van der Waals surface area contributed by atoms with Crippen LogP contribution >= 0.6 is 45.2 Å². The minimum atomic E-state index is -3.86. The molecular weight excluding hydrogens is 253 g/mol. The molecule has 62 valence electrons. The van der Waals surface area contributed by atoms with Crippen LogP contribution in [0.5, 0.6) is 0 Å². The summed E-state index contributed by atoms with van der Waals surface area (Å²) in [5, 5.41) is -0.379. The van der Waals surface area contributed by atoms with Gasteiger partial charge in [0.1, 0.15) is 4.34 Å². The summed E-state index contributed by atoms with van der Waals surface area (Å²) in [4.78, 5) is 3.41. The molecule has 0 amide bonds. The van der Waals surface area contributed by atoms with Crippen LogP contribution < -0.4 is 0 Å². The molecule has 11 heavy (non-hydrogen) atoms. The van der Waals surface area contributed by atoms with Crippen molar-refractivity contribution < 1.29 is 8.42 Å². The summed E-state index contributed by atoms with van der Waals surface area (Å²) in [6, 6.07) is 0. The Bertz CT molecular complexity index is 370. The van der Waals surface area contributed by atoms with Crippen molar-refractivity contribution in [3.05, 3.63) is 8.80 Å². The van der Waals surface area contributed by atoms with E-state index in [1.54, 1.807) is 0 Å². The first-order valence-corrected chi connectivity index (χ1v) is 6.06. The molecule has 0 spiro atoms. The van der Waals surface area contributed by atoms with Crippen LogP contribution in [0.1, 0.15) is 0 Å². The Balaban J connectivity index is 3.36. The van der Waals surface area contributed by atoms with Gasteiger partial charge in [-0.1, -0.05) is 34.5 Å². The summed E-state index contributed by atoms with van der Waals surface area (Å²) in [5.74, 6) is 0. The summed E-state index contributed by atoms with van der Waals surface area (Å²) in [5.41, 5.74) is 0. The van der Waals surface area contributed by atoms with Gasteiger partial charge in [-0.25, -0.2) is 13.4 Å². The maximum Gasteiger partial charge on any atom is 0.281 e. The highest BCUT2D eigenvalue weighted by Crippen LogP contribution is 2.32. The number of hydrogen-bond donors (Lipinski definition) is 0. The predicted molar refractivity (Wildman–Crippen MR) is 45.2 cm³/mol. The molecule has 1 aromatic rings. The van der Waals surface area contributed by atoms with Gasteiger partial charge in [-0.2, -0.15) is 0 Å². The number of aromatic nitrogens is 1. The van der Waals surface area contributed by atoms with Gasteiger partial charge in [0.15, 0.2) is 4.47 Å². The summed E-state index contributed by atoms with van der Waals surface area (Å²) in [6.45, 7) is 0. The lowest BCUT2D eigenvalue weighted by Crippen LogP contribution is -1.90. The number of hydrogen-bond acceptors (Lipinski definition) is 4. The van der Waals surface area contributed by atoms with E-state index in [0.717, 1.165) is 11.3 Å². The molecule has 0 atom stereocenters. The van der Waals surface area contributed by atoms with Crippen molar-refractivity contribution >= 4 is 54.3 Å². The molecule has 0 aliphatic rings. The van der Waals surface area contributed by atoms with Crippen molar-refractivity contribution in [1.82, 2.24) is 4.98 Å². The number of thiazole rings is 1. The second-order valence-corrected chi connectivity index (χ2v) is 6.15. The maximum atomic E-state index is 10.6. The van der Waals surface area contributed by atoms with Crippen LogP contribution in [-0.2, 0) is 9.05 Å². The Hall–Kier alpha value is 0.450. The molecule has 0 radical (unpaired) electrons. The first-order valence-electron chi connectivity index (χ1n) is 2.18. The smallest absolute Gasteiger partial charge is 0.210 e. The zero-order valence-electron chi connectivity index (χ0n) is 4.71. The highest BCUT2D eigenvalue weighted by Gasteiger charge is 2.19.